The molecule has 0 spiro atoms. The van der Waals surface area contributed by atoms with Gasteiger partial charge in [0.1, 0.15) is 11.5 Å². The molecule has 0 heterocycles. The highest BCUT2D eigenvalue weighted by molar-refractivity contribution is 9.10. The maximum atomic E-state index is 6.01. The fourth-order valence-corrected chi connectivity index (χ4v) is 2.47. The Morgan fingerprint density at radius 2 is 1.65 bits per heavy atom. The minimum Gasteiger partial charge on any atom is -0.457 e. The first-order valence-electron chi connectivity index (χ1n) is 6.75. The first kappa shape index (κ1) is 15.1. The predicted octanol–water partition coefficient (Wildman–Crippen LogP) is 4.67. The van der Waals surface area contributed by atoms with E-state index in [4.69, 9.17) is 10.5 Å². The molecule has 2 nitrogen and oxygen atoms in total. The lowest BCUT2D eigenvalue weighted by molar-refractivity contribution is 0.477. The summed E-state index contributed by atoms with van der Waals surface area (Å²) in [6.07, 6.45) is 0.900. The topological polar surface area (TPSA) is 35.2 Å². The third-order valence-electron chi connectivity index (χ3n) is 3.31. The quantitative estimate of drug-likeness (QED) is 0.882. The number of hydrogen-bond donors (Lipinski definition) is 1. The van der Waals surface area contributed by atoms with Crippen LogP contribution < -0.4 is 10.5 Å². The van der Waals surface area contributed by atoms with Crippen LogP contribution in [0, 0.1) is 20.8 Å². The Morgan fingerprint density at radius 3 is 2.20 bits per heavy atom. The van der Waals surface area contributed by atoms with Gasteiger partial charge >= 0.3 is 0 Å². The van der Waals surface area contributed by atoms with Crippen molar-refractivity contribution in [2.24, 2.45) is 5.73 Å². The molecule has 0 aromatic heterocycles. The molecule has 0 fully saturated rings. The van der Waals surface area contributed by atoms with Gasteiger partial charge in [0, 0.05) is 4.47 Å². The number of aryl methyl sites for hydroxylation is 3. The maximum Gasteiger partial charge on any atom is 0.130 e. The van der Waals surface area contributed by atoms with Crippen LogP contribution in [0.1, 0.15) is 22.3 Å². The monoisotopic (exact) mass is 333 g/mol. The molecular formula is C17H20BrNO. The molecule has 106 valence electrons. The predicted molar refractivity (Wildman–Crippen MR) is 87.6 cm³/mol. The Hall–Kier alpha value is -1.32. The fourth-order valence-electron chi connectivity index (χ4n) is 2.24. The van der Waals surface area contributed by atoms with Crippen molar-refractivity contribution in [2.75, 3.05) is 6.54 Å². The van der Waals surface area contributed by atoms with Crippen LogP contribution in [0.5, 0.6) is 11.5 Å². The molecule has 0 aliphatic heterocycles. The van der Waals surface area contributed by atoms with Crippen molar-refractivity contribution in [1.29, 1.82) is 0 Å². The van der Waals surface area contributed by atoms with Gasteiger partial charge in [0.05, 0.1) is 0 Å². The van der Waals surface area contributed by atoms with E-state index in [1.165, 1.54) is 16.7 Å². The highest BCUT2D eigenvalue weighted by Gasteiger charge is 2.06. The summed E-state index contributed by atoms with van der Waals surface area (Å²) in [5.41, 5.74) is 10.3. The van der Waals surface area contributed by atoms with Crippen LogP contribution in [0.2, 0.25) is 0 Å². The minimum absolute atomic E-state index is 0.671. The Labute approximate surface area is 129 Å². The highest BCUT2D eigenvalue weighted by atomic mass is 79.9. The first-order chi connectivity index (χ1) is 9.51. The van der Waals surface area contributed by atoms with Crippen LogP contribution in [0.15, 0.2) is 34.8 Å². The Bertz CT molecular complexity index is 599. The van der Waals surface area contributed by atoms with Gasteiger partial charge in [-0.15, -0.1) is 0 Å². The van der Waals surface area contributed by atoms with Gasteiger partial charge in [0.15, 0.2) is 0 Å². The van der Waals surface area contributed by atoms with E-state index in [1.54, 1.807) is 0 Å². The van der Waals surface area contributed by atoms with Gasteiger partial charge in [-0.2, -0.15) is 0 Å². The van der Waals surface area contributed by atoms with Crippen molar-refractivity contribution in [3.8, 4) is 11.5 Å². The lowest BCUT2D eigenvalue weighted by Crippen LogP contribution is -2.02. The maximum absolute atomic E-state index is 6.01. The van der Waals surface area contributed by atoms with E-state index in [2.05, 4.69) is 48.8 Å². The molecule has 0 unspecified atom stereocenters. The summed E-state index contributed by atoms with van der Waals surface area (Å²) < 4.78 is 7.15. The summed E-state index contributed by atoms with van der Waals surface area (Å²) in [6, 6.07) is 10.3. The molecule has 0 aliphatic rings. The van der Waals surface area contributed by atoms with Crippen LogP contribution >= 0.6 is 15.9 Å². The summed E-state index contributed by atoms with van der Waals surface area (Å²) in [4.78, 5) is 0. The zero-order valence-corrected chi connectivity index (χ0v) is 13.8. The molecule has 0 atom stereocenters. The molecule has 0 saturated heterocycles. The van der Waals surface area contributed by atoms with Gasteiger partial charge in [-0.1, -0.05) is 28.1 Å². The number of nitrogens with two attached hydrogens (primary N) is 1. The number of rotatable bonds is 4. The summed E-state index contributed by atoms with van der Waals surface area (Å²) in [5.74, 6) is 1.77. The van der Waals surface area contributed by atoms with E-state index < -0.39 is 0 Å². The SMILES string of the molecule is Cc1cc(CCN)ccc1Oc1cc(C)c(Br)c(C)c1. The summed E-state index contributed by atoms with van der Waals surface area (Å²) in [6.45, 7) is 6.88. The average Bonchev–Trinajstić information content (AvgIpc) is 2.39. The van der Waals surface area contributed by atoms with Crippen LogP contribution in [0.25, 0.3) is 0 Å². The average molecular weight is 334 g/mol. The normalized spacial score (nSPS) is 10.7. The van der Waals surface area contributed by atoms with E-state index in [-0.39, 0.29) is 0 Å². The minimum atomic E-state index is 0.671. The Balaban J connectivity index is 2.26. The van der Waals surface area contributed by atoms with Gasteiger partial charge in [-0.25, -0.2) is 0 Å². The van der Waals surface area contributed by atoms with E-state index in [0.717, 1.165) is 28.0 Å². The summed E-state index contributed by atoms with van der Waals surface area (Å²) in [7, 11) is 0. The molecule has 2 aromatic carbocycles. The van der Waals surface area contributed by atoms with E-state index >= 15 is 0 Å². The molecule has 2 rings (SSSR count). The molecule has 3 heteroatoms. The van der Waals surface area contributed by atoms with Crippen molar-refractivity contribution >= 4 is 15.9 Å². The highest BCUT2D eigenvalue weighted by Crippen LogP contribution is 2.31. The summed E-state index contributed by atoms with van der Waals surface area (Å²) >= 11 is 3.57. The van der Waals surface area contributed by atoms with Crippen LogP contribution in [0.4, 0.5) is 0 Å². The number of ether oxygens (including phenoxy) is 1. The lowest BCUT2D eigenvalue weighted by atomic mass is 10.1. The standard InChI is InChI=1S/C17H20BrNO/c1-11-8-14(6-7-19)4-5-16(11)20-15-9-12(2)17(18)13(3)10-15/h4-5,8-10H,6-7,19H2,1-3H3. The zero-order valence-electron chi connectivity index (χ0n) is 12.2. The second kappa shape index (κ2) is 6.42. The van der Waals surface area contributed by atoms with Gasteiger partial charge in [0.2, 0.25) is 0 Å². The molecule has 2 N–H and O–H groups in total. The molecule has 0 aliphatic carbocycles. The molecule has 0 bridgehead atoms. The molecular weight excluding hydrogens is 314 g/mol. The smallest absolute Gasteiger partial charge is 0.130 e. The van der Waals surface area contributed by atoms with E-state index in [1.807, 2.05) is 18.2 Å². The number of benzene rings is 2. The van der Waals surface area contributed by atoms with Crippen LogP contribution in [0.3, 0.4) is 0 Å². The third kappa shape index (κ3) is 3.41. The molecule has 20 heavy (non-hydrogen) atoms. The number of hydrogen-bond acceptors (Lipinski definition) is 2. The van der Waals surface area contributed by atoms with Crippen molar-refractivity contribution in [2.45, 2.75) is 27.2 Å². The van der Waals surface area contributed by atoms with E-state index in [0.29, 0.717) is 6.54 Å². The second-order valence-electron chi connectivity index (χ2n) is 5.11. The molecule has 0 saturated carbocycles. The number of halogens is 1. The van der Waals surface area contributed by atoms with Gasteiger partial charge in [0.25, 0.3) is 0 Å². The largest absolute Gasteiger partial charge is 0.457 e. The van der Waals surface area contributed by atoms with Gasteiger partial charge in [-0.05, 0) is 74.2 Å². The Kier molecular flexibility index (Phi) is 4.84. The lowest BCUT2D eigenvalue weighted by Gasteiger charge is -2.12. The van der Waals surface area contributed by atoms with Gasteiger partial charge in [-0.3, -0.25) is 0 Å². The summed E-state index contributed by atoms with van der Waals surface area (Å²) in [5, 5.41) is 0. The fraction of sp³-hybridized carbons (Fsp3) is 0.294. The molecule has 0 radical (unpaired) electrons. The van der Waals surface area contributed by atoms with Crippen molar-refractivity contribution < 1.29 is 4.74 Å². The van der Waals surface area contributed by atoms with E-state index in [9.17, 15) is 0 Å². The second-order valence-corrected chi connectivity index (χ2v) is 5.90. The van der Waals surface area contributed by atoms with Crippen LogP contribution in [-0.4, -0.2) is 6.54 Å². The zero-order chi connectivity index (χ0) is 14.7. The molecule has 0 amide bonds. The first-order valence-corrected chi connectivity index (χ1v) is 7.54. The Morgan fingerprint density at radius 1 is 1.00 bits per heavy atom. The molecule has 2 aromatic rings. The van der Waals surface area contributed by atoms with Gasteiger partial charge < -0.3 is 10.5 Å². The van der Waals surface area contributed by atoms with Crippen molar-refractivity contribution in [3.63, 3.8) is 0 Å². The third-order valence-corrected chi connectivity index (χ3v) is 4.56. The van der Waals surface area contributed by atoms with Crippen LogP contribution in [-0.2, 0) is 6.42 Å². The van der Waals surface area contributed by atoms with Crippen molar-refractivity contribution in [3.05, 3.63) is 57.1 Å². The van der Waals surface area contributed by atoms with Crippen molar-refractivity contribution in [1.82, 2.24) is 0 Å².